The van der Waals surface area contributed by atoms with E-state index in [9.17, 15) is 9.59 Å². The summed E-state index contributed by atoms with van der Waals surface area (Å²) in [5.41, 5.74) is 6.21. The number of amides is 3. The van der Waals surface area contributed by atoms with E-state index in [1.807, 2.05) is 17.0 Å². The Kier molecular flexibility index (Phi) is 4.32. The maximum atomic E-state index is 12.6. The minimum atomic E-state index is -0.637. The van der Waals surface area contributed by atoms with Crippen LogP contribution in [0.2, 0.25) is 0 Å². The third-order valence-electron chi connectivity index (χ3n) is 4.18. The first-order valence-electron chi connectivity index (χ1n) is 7.72. The summed E-state index contributed by atoms with van der Waals surface area (Å²) in [6, 6.07) is 10.7. The molecule has 23 heavy (non-hydrogen) atoms. The van der Waals surface area contributed by atoms with Gasteiger partial charge in [-0.3, -0.25) is 4.79 Å². The molecule has 120 valence electrons. The first kappa shape index (κ1) is 15.1. The molecular weight excluding hydrogens is 292 g/mol. The summed E-state index contributed by atoms with van der Waals surface area (Å²) >= 11 is 0. The second-order valence-electron chi connectivity index (χ2n) is 5.72. The van der Waals surface area contributed by atoms with Crippen LogP contribution in [0.15, 0.2) is 48.8 Å². The lowest BCUT2D eigenvalue weighted by Gasteiger charge is -2.33. The number of nitrogens with one attached hydrogen (secondary N) is 1. The number of rotatable bonds is 3. The summed E-state index contributed by atoms with van der Waals surface area (Å²) in [6.07, 6.45) is 6.03. The van der Waals surface area contributed by atoms with Crippen molar-refractivity contribution in [3.05, 3.63) is 54.4 Å². The average molecular weight is 312 g/mol. The largest absolute Gasteiger partial charge is 0.351 e. The molecule has 1 aromatic carbocycles. The van der Waals surface area contributed by atoms with E-state index in [-0.39, 0.29) is 5.91 Å². The number of carbonyl (C=O) groups is 2. The fourth-order valence-corrected chi connectivity index (χ4v) is 3.01. The molecule has 0 aliphatic carbocycles. The highest BCUT2D eigenvalue weighted by Gasteiger charge is 2.24. The molecule has 1 aromatic heterocycles. The molecule has 1 aliphatic heterocycles. The van der Waals surface area contributed by atoms with Crippen molar-refractivity contribution in [2.45, 2.75) is 18.9 Å². The second kappa shape index (κ2) is 6.56. The van der Waals surface area contributed by atoms with Gasteiger partial charge in [-0.1, -0.05) is 6.07 Å². The smallest absolute Gasteiger partial charge is 0.316 e. The van der Waals surface area contributed by atoms with E-state index in [4.69, 9.17) is 5.73 Å². The van der Waals surface area contributed by atoms with E-state index in [1.54, 1.807) is 24.3 Å². The highest BCUT2D eigenvalue weighted by Crippen LogP contribution is 2.24. The maximum absolute atomic E-state index is 12.6. The van der Waals surface area contributed by atoms with Gasteiger partial charge in [0, 0.05) is 42.8 Å². The number of primary amides is 1. The van der Waals surface area contributed by atoms with E-state index in [1.165, 1.54) is 0 Å². The van der Waals surface area contributed by atoms with E-state index >= 15 is 0 Å². The second-order valence-corrected chi connectivity index (χ2v) is 5.72. The van der Waals surface area contributed by atoms with Crippen molar-refractivity contribution in [1.82, 2.24) is 9.47 Å². The zero-order valence-corrected chi connectivity index (χ0v) is 12.8. The van der Waals surface area contributed by atoms with Crippen LogP contribution < -0.4 is 11.1 Å². The first-order valence-corrected chi connectivity index (χ1v) is 7.72. The number of aromatic nitrogens is 1. The molecule has 6 heteroatoms. The number of likely N-dealkylation sites (tertiary alicyclic amines) is 1. The molecule has 0 unspecified atom stereocenters. The summed E-state index contributed by atoms with van der Waals surface area (Å²) in [5, 5.41) is 2.49. The number of nitrogens with zero attached hydrogens (tertiary/aromatic N) is 2. The van der Waals surface area contributed by atoms with Gasteiger partial charge in [0.1, 0.15) is 0 Å². The van der Waals surface area contributed by atoms with Crippen molar-refractivity contribution >= 4 is 17.6 Å². The van der Waals surface area contributed by atoms with E-state index in [2.05, 4.69) is 22.3 Å². The number of hydrogen-bond acceptors (Lipinski definition) is 2. The number of benzene rings is 1. The Morgan fingerprint density at radius 3 is 2.43 bits per heavy atom. The Bertz CT molecular complexity index is 688. The van der Waals surface area contributed by atoms with Crippen molar-refractivity contribution in [2.75, 3.05) is 18.4 Å². The number of hydrogen-bond donors (Lipinski definition) is 2. The van der Waals surface area contributed by atoms with Crippen molar-refractivity contribution in [3.63, 3.8) is 0 Å². The highest BCUT2D eigenvalue weighted by atomic mass is 16.2. The molecule has 6 nitrogen and oxygen atoms in total. The molecule has 3 rings (SSSR count). The predicted octanol–water partition coefficient (Wildman–Crippen LogP) is 2.46. The Hall–Kier alpha value is -2.76. The molecule has 2 heterocycles. The molecule has 2 aromatic rings. The van der Waals surface area contributed by atoms with Crippen LogP contribution >= 0.6 is 0 Å². The van der Waals surface area contributed by atoms with Gasteiger partial charge in [0.05, 0.1) is 0 Å². The lowest BCUT2D eigenvalue weighted by atomic mass is 10.0. The average Bonchev–Trinajstić information content (AvgIpc) is 3.08. The summed E-state index contributed by atoms with van der Waals surface area (Å²) in [4.78, 5) is 25.4. The summed E-state index contributed by atoms with van der Waals surface area (Å²) < 4.78 is 2.21. The minimum absolute atomic E-state index is 0.0101. The zero-order chi connectivity index (χ0) is 16.2. The number of urea groups is 1. The molecule has 0 bridgehead atoms. The molecule has 1 fully saturated rings. The maximum Gasteiger partial charge on any atom is 0.316 e. The van der Waals surface area contributed by atoms with Crippen LogP contribution in [0.25, 0.3) is 0 Å². The Morgan fingerprint density at radius 1 is 1.09 bits per heavy atom. The SMILES string of the molecule is NC(=O)Nc1cccc(C(=O)N2CCC(n3cccc3)CC2)c1. The predicted molar refractivity (Wildman–Crippen MR) is 88.3 cm³/mol. The first-order chi connectivity index (χ1) is 11.1. The molecule has 1 aliphatic rings. The normalized spacial score (nSPS) is 15.4. The van der Waals surface area contributed by atoms with Gasteiger partial charge in [0.25, 0.3) is 5.91 Å². The lowest BCUT2D eigenvalue weighted by Crippen LogP contribution is -2.38. The molecule has 3 amide bonds. The van der Waals surface area contributed by atoms with Crippen LogP contribution in [0.5, 0.6) is 0 Å². The Labute approximate surface area is 134 Å². The summed E-state index contributed by atoms with van der Waals surface area (Å²) in [7, 11) is 0. The van der Waals surface area contributed by atoms with Crippen LogP contribution in [0.3, 0.4) is 0 Å². The Balaban J connectivity index is 1.64. The minimum Gasteiger partial charge on any atom is -0.351 e. The number of anilines is 1. The van der Waals surface area contributed by atoms with Crippen LogP contribution in [0.4, 0.5) is 10.5 Å². The fraction of sp³-hybridized carbons (Fsp3) is 0.294. The van der Waals surface area contributed by atoms with Crippen molar-refractivity contribution in [2.24, 2.45) is 5.73 Å². The number of nitrogens with two attached hydrogens (primary N) is 1. The van der Waals surface area contributed by atoms with Gasteiger partial charge in [0.2, 0.25) is 0 Å². The number of carbonyl (C=O) groups excluding carboxylic acids is 2. The van der Waals surface area contributed by atoms with E-state index in [0.29, 0.717) is 17.3 Å². The number of piperidine rings is 1. The van der Waals surface area contributed by atoms with Gasteiger partial charge >= 0.3 is 6.03 Å². The van der Waals surface area contributed by atoms with E-state index < -0.39 is 6.03 Å². The highest BCUT2D eigenvalue weighted by molar-refractivity contribution is 5.96. The van der Waals surface area contributed by atoms with Gasteiger partial charge in [-0.25, -0.2) is 4.79 Å². The topological polar surface area (TPSA) is 80.4 Å². The van der Waals surface area contributed by atoms with Gasteiger partial charge in [0.15, 0.2) is 0 Å². The molecule has 0 radical (unpaired) electrons. The monoisotopic (exact) mass is 312 g/mol. The molecule has 0 atom stereocenters. The summed E-state index contributed by atoms with van der Waals surface area (Å²) in [6.45, 7) is 1.46. The van der Waals surface area contributed by atoms with Crippen LogP contribution in [-0.2, 0) is 0 Å². The van der Waals surface area contributed by atoms with Gasteiger partial charge in [-0.15, -0.1) is 0 Å². The molecule has 1 saturated heterocycles. The van der Waals surface area contributed by atoms with Crippen molar-refractivity contribution in [3.8, 4) is 0 Å². The standard InChI is InChI=1S/C17H20N4O2/c18-17(23)19-14-5-3-4-13(12-14)16(22)21-10-6-15(7-11-21)20-8-1-2-9-20/h1-5,8-9,12,15H,6-7,10-11H2,(H3,18,19,23). The zero-order valence-electron chi connectivity index (χ0n) is 12.8. The van der Waals surface area contributed by atoms with Crippen LogP contribution in [0.1, 0.15) is 29.2 Å². The molecular formula is C17H20N4O2. The van der Waals surface area contributed by atoms with Crippen LogP contribution in [-0.4, -0.2) is 34.5 Å². The van der Waals surface area contributed by atoms with Crippen molar-refractivity contribution < 1.29 is 9.59 Å². The lowest BCUT2D eigenvalue weighted by molar-refractivity contribution is 0.0694. The molecule has 3 N–H and O–H groups in total. The third kappa shape index (κ3) is 3.53. The summed E-state index contributed by atoms with van der Waals surface area (Å²) in [5.74, 6) is -0.0101. The van der Waals surface area contributed by atoms with E-state index in [0.717, 1.165) is 25.9 Å². The fourth-order valence-electron chi connectivity index (χ4n) is 3.01. The van der Waals surface area contributed by atoms with Gasteiger partial charge in [-0.05, 0) is 43.2 Å². The third-order valence-corrected chi connectivity index (χ3v) is 4.18. The molecule has 0 spiro atoms. The van der Waals surface area contributed by atoms with Gasteiger partial charge in [-0.2, -0.15) is 0 Å². The Morgan fingerprint density at radius 2 is 1.78 bits per heavy atom. The van der Waals surface area contributed by atoms with Gasteiger partial charge < -0.3 is 20.5 Å². The molecule has 0 saturated carbocycles. The quantitative estimate of drug-likeness (QED) is 0.913. The van der Waals surface area contributed by atoms with Crippen molar-refractivity contribution in [1.29, 1.82) is 0 Å². The van der Waals surface area contributed by atoms with Crippen LogP contribution in [0, 0.1) is 0 Å².